The third-order valence-electron chi connectivity index (χ3n) is 1.50. The Bertz CT molecular complexity index is 393. The van der Waals surface area contributed by atoms with Gasteiger partial charge in [0, 0.05) is 25.2 Å². The smallest absolute Gasteiger partial charge is 0.137 e. The van der Waals surface area contributed by atoms with Crippen LogP contribution in [0.15, 0.2) is 27.7 Å². The fourth-order valence-electron chi connectivity index (χ4n) is 0.725. The van der Waals surface area contributed by atoms with Crippen LogP contribution >= 0.6 is 0 Å². The number of nitrogens with zero attached hydrogens (tertiary/aromatic N) is 2. The summed E-state index contributed by atoms with van der Waals surface area (Å²) in [5, 5.41) is 0.435. The van der Waals surface area contributed by atoms with Crippen LogP contribution in [0.2, 0.25) is 0 Å². The SMILES string of the molecule is CN=[S@@](C)(=O)c1cc(N)ccn1. The van der Waals surface area contributed by atoms with Crippen LogP contribution in [0.4, 0.5) is 5.69 Å². The van der Waals surface area contributed by atoms with E-state index in [1.54, 1.807) is 12.1 Å². The average Bonchev–Trinajstić information content (AvgIpc) is 2.05. The van der Waals surface area contributed by atoms with Crippen LogP contribution in [0.1, 0.15) is 0 Å². The van der Waals surface area contributed by atoms with E-state index in [0.29, 0.717) is 10.7 Å². The second kappa shape index (κ2) is 3.10. The predicted molar refractivity (Wildman–Crippen MR) is 49.3 cm³/mol. The molecule has 0 aromatic carbocycles. The first-order valence-electron chi connectivity index (χ1n) is 3.38. The molecule has 5 heteroatoms. The van der Waals surface area contributed by atoms with Gasteiger partial charge in [0.05, 0.1) is 9.73 Å². The van der Waals surface area contributed by atoms with Gasteiger partial charge in [-0.15, -0.1) is 0 Å². The van der Waals surface area contributed by atoms with Gasteiger partial charge in [0.25, 0.3) is 0 Å². The highest BCUT2D eigenvalue weighted by atomic mass is 32.2. The fourth-order valence-corrected chi connectivity index (χ4v) is 1.52. The van der Waals surface area contributed by atoms with E-state index in [-0.39, 0.29) is 0 Å². The summed E-state index contributed by atoms with van der Waals surface area (Å²) in [6, 6.07) is 3.23. The molecule has 0 fully saturated rings. The van der Waals surface area contributed by atoms with Crippen LogP contribution in [-0.4, -0.2) is 22.5 Å². The summed E-state index contributed by atoms with van der Waals surface area (Å²) < 4.78 is 15.4. The van der Waals surface area contributed by atoms with Gasteiger partial charge >= 0.3 is 0 Å². The maximum Gasteiger partial charge on any atom is 0.137 e. The van der Waals surface area contributed by atoms with E-state index >= 15 is 0 Å². The minimum Gasteiger partial charge on any atom is -0.399 e. The molecule has 0 aliphatic carbocycles. The Hall–Kier alpha value is -1.10. The van der Waals surface area contributed by atoms with Gasteiger partial charge in [0.2, 0.25) is 0 Å². The quantitative estimate of drug-likeness (QED) is 0.702. The number of hydrogen-bond acceptors (Lipinski definition) is 4. The van der Waals surface area contributed by atoms with Crippen molar-refractivity contribution < 1.29 is 4.21 Å². The Morgan fingerprint density at radius 3 is 2.83 bits per heavy atom. The molecule has 4 nitrogen and oxygen atoms in total. The molecule has 0 amide bonds. The highest BCUT2D eigenvalue weighted by Gasteiger charge is 2.05. The van der Waals surface area contributed by atoms with E-state index in [1.807, 2.05) is 0 Å². The van der Waals surface area contributed by atoms with Crippen molar-refractivity contribution in [2.24, 2.45) is 4.36 Å². The zero-order chi connectivity index (χ0) is 9.19. The number of rotatable bonds is 1. The average molecular weight is 185 g/mol. The zero-order valence-corrected chi connectivity index (χ0v) is 7.84. The molecule has 0 aliphatic rings. The lowest BCUT2D eigenvalue weighted by molar-refractivity contribution is 0.677. The first-order chi connectivity index (χ1) is 5.56. The Labute approximate surface area is 72.0 Å². The first-order valence-corrected chi connectivity index (χ1v) is 5.30. The molecule has 0 radical (unpaired) electrons. The van der Waals surface area contributed by atoms with E-state index in [1.165, 1.54) is 19.5 Å². The maximum absolute atomic E-state index is 11.6. The van der Waals surface area contributed by atoms with Crippen molar-refractivity contribution in [2.75, 3.05) is 19.0 Å². The Kier molecular flexibility index (Phi) is 2.32. The zero-order valence-electron chi connectivity index (χ0n) is 7.02. The minimum atomic E-state index is -2.34. The topological polar surface area (TPSA) is 68.3 Å². The molecule has 0 saturated carbocycles. The fraction of sp³-hybridized carbons (Fsp3) is 0.286. The summed E-state index contributed by atoms with van der Waals surface area (Å²) in [5.74, 6) is 0. The molecule has 1 atom stereocenters. The van der Waals surface area contributed by atoms with Crippen molar-refractivity contribution in [1.82, 2.24) is 4.98 Å². The first kappa shape index (κ1) is 8.99. The lowest BCUT2D eigenvalue weighted by Gasteiger charge is -2.01. The molecule has 1 aromatic rings. The summed E-state index contributed by atoms with van der Waals surface area (Å²) >= 11 is 0. The number of pyridine rings is 1. The number of nitrogen functional groups attached to an aromatic ring is 1. The van der Waals surface area contributed by atoms with Gasteiger partial charge in [0.15, 0.2) is 0 Å². The largest absolute Gasteiger partial charge is 0.399 e. The number of nitrogens with two attached hydrogens (primary N) is 1. The summed E-state index contributed by atoms with van der Waals surface area (Å²) in [5.41, 5.74) is 6.06. The third-order valence-corrected chi connectivity index (χ3v) is 3.19. The second-order valence-corrected chi connectivity index (χ2v) is 4.80. The molecule has 2 N–H and O–H groups in total. The monoisotopic (exact) mass is 185 g/mol. The number of anilines is 1. The van der Waals surface area contributed by atoms with Crippen LogP contribution in [0.25, 0.3) is 0 Å². The summed E-state index contributed by atoms with van der Waals surface area (Å²) in [7, 11) is -0.830. The van der Waals surface area contributed by atoms with Crippen molar-refractivity contribution in [1.29, 1.82) is 0 Å². The molecular weight excluding hydrogens is 174 g/mol. The van der Waals surface area contributed by atoms with Gasteiger partial charge < -0.3 is 5.73 Å². The summed E-state index contributed by atoms with van der Waals surface area (Å²) in [4.78, 5) is 3.93. The molecule has 0 unspecified atom stereocenters. The molecule has 66 valence electrons. The van der Waals surface area contributed by atoms with Gasteiger partial charge in [0.1, 0.15) is 5.03 Å². The van der Waals surface area contributed by atoms with Crippen molar-refractivity contribution in [2.45, 2.75) is 5.03 Å². The number of hydrogen-bond donors (Lipinski definition) is 1. The van der Waals surface area contributed by atoms with Crippen LogP contribution in [0.5, 0.6) is 0 Å². The maximum atomic E-state index is 11.6. The van der Waals surface area contributed by atoms with E-state index in [0.717, 1.165) is 0 Å². The molecule has 1 aromatic heterocycles. The molecule has 1 rings (SSSR count). The molecule has 12 heavy (non-hydrogen) atoms. The molecule has 0 aliphatic heterocycles. The second-order valence-electron chi connectivity index (χ2n) is 2.41. The standard InChI is InChI=1S/C7H11N3OS/c1-9-12(2,11)7-5-6(8)3-4-10-7/h3-5H,1-2H3,(H2,8,10)/t12-/m0/s1. The summed E-state index contributed by atoms with van der Waals surface area (Å²) in [6.45, 7) is 0. The van der Waals surface area contributed by atoms with Crippen LogP contribution in [0.3, 0.4) is 0 Å². The molecule has 0 bridgehead atoms. The van der Waals surface area contributed by atoms with E-state index in [9.17, 15) is 4.21 Å². The lowest BCUT2D eigenvalue weighted by Crippen LogP contribution is -2.01. The normalized spacial score (nSPS) is 15.2. The van der Waals surface area contributed by atoms with Crippen LogP contribution in [-0.2, 0) is 9.73 Å². The van der Waals surface area contributed by atoms with Crippen molar-refractivity contribution in [3.05, 3.63) is 18.3 Å². The Morgan fingerprint density at radius 1 is 1.67 bits per heavy atom. The minimum absolute atomic E-state index is 0.435. The highest BCUT2D eigenvalue weighted by molar-refractivity contribution is 7.92. The van der Waals surface area contributed by atoms with E-state index in [2.05, 4.69) is 9.35 Å². The summed E-state index contributed by atoms with van der Waals surface area (Å²) in [6.07, 6.45) is 3.06. The van der Waals surface area contributed by atoms with Gasteiger partial charge in [-0.25, -0.2) is 13.6 Å². The lowest BCUT2D eigenvalue weighted by atomic mass is 10.4. The molecular formula is C7H11N3OS. The van der Waals surface area contributed by atoms with Gasteiger partial charge in [-0.2, -0.15) is 0 Å². The van der Waals surface area contributed by atoms with Gasteiger partial charge in [-0.05, 0) is 12.1 Å². The Balaban J connectivity index is 3.31. The van der Waals surface area contributed by atoms with E-state index < -0.39 is 9.73 Å². The molecule has 0 spiro atoms. The van der Waals surface area contributed by atoms with Gasteiger partial charge in [-0.1, -0.05) is 0 Å². The Morgan fingerprint density at radius 2 is 2.33 bits per heavy atom. The number of aromatic nitrogens is 1. The molecule has 1 heterocycles. The third kappa shape index (κ3) is 1.73. The molecule has 0 saturated heterocycles. The highest BCUT2D eigenvalue weighted by Crippen LogP contribution is 2.10. The van der Waals surface area contributed by atoms with Crippen molar-refractivity contribution >= 4 is 15.4 Å². The van der Waals surface area contributed by atoms with Crippen molar-refractivity contribution in [3.63, 3.8) is 0 Å². The van der Waals surface area contributed by atoms with Gasteiger partial charge in [-0.3, -0.25) is 0 Å². The predicted octanol–water partition coefficient (Wildman–Crippen LogP) is 0.750. The van der Waals surface area contributed by atoms with E-state index in [4.69, 9.17) is 5.73 Å². The van der Waals surface area contributed by atoms with Crippen LogP contribution < -0.4 is 5.73 Å². The van der Waals surface area contributed by atoms with Crippen molar-refractivity contribution in [3.8, 4) is 0 Å². The van der Waals surface area contributed by atoms with Crippen LogP contribution in [0, 0.1) is 0 Å².